The minimum absolute atomic E-state index is 0. The van der Waals surface area contributed by atoms with Crippen LogP contribution in [-0.2, 0) is 27.2 Å². The number of ketones is 1. The van der Waals surface area contributed by atoms with Crippen molar-refractivity contribution in [2.75, 3.05) is 0 Å². The Hall–Kier alpha value is -0.990. The second kappa shape index (κ2) is 10.7. The van der Waals surface area contributed by atoms with Crippen LogP contribution in [0.4, 0.5) is 26.3 Å². The summed E-state index contributed by atoms with van der Waals surface area (Å²) < 4.78 is 68.1. The summed E-state index contributed by atoms with van der Waals surface area (Å²) in [6.07, 6.45) is 2.32. The Bertz CT molecular complexity index is 395. The van der Waals surface area contributed by atoms with E-state index in [0.717, 1.165) is 0 Å². The van der Waals surface area contributed by atoms with Crippen molar-refractivity contribution in [3.63, 3.8) is 0 Å². The molecule has 0 atom stereocenters. The van der Waals surface area contributed by atoms with Crippen LogP contribution in [0.25, 0.3) is 0 Å². The average molecular weight is 424 g/mol. The molecule has 0 saturated carbocycles. The Kier molecular flexibility index (Phi) is 11.3. The number of hydrogen-bond acceptors (Lipinski definition) is 2. The number of carbonyl (C=O) groups is 1. The fraction of sp³-hybridized carbons (Fsp3) is 0.462. The van der Waals surface area contributed by atoms with Crippen molar-refractivity contribution in [2.24, 2.45) is 0 Å². The number of aliphatic hydroxyl groups is 1. The van der Waals surface area contributed by atoms with Gasteiger partial charge in [-0.05, 0) is 25.7 Å². The van der Waals surface area contributed by atoms with Crippen LogP contribution in [0.3, 0.4) is 0 Å². The largest absolute Gasteiger partial charge is 0.504 e. The molecule has 2 nitrogen and oxygen atoms in total. The zero-order chi connectivity index (χ0) is 16.5. The van der Waals surface area contributed by atoms with Crippen molar-refractivity contribution < 1.29 is 58.6 Å². The van der Waals surface area contributed by atoms with Crippen LogP contribution in [0.15, 0.2) is 36.1 Å². The van der Waals surface area contributed by atoms with E-state index in [1.807, 2.05) is 0 Å². The van der Waals surface area contributed by atoms with Gasteiger partial charge < -0.3 is 5.11 Å². The Labute approximate surface area is 139 Å². The Morgan fingerprint density at radius 2 is 1.14 bits per heavy atom. The van der Waals surface area contributed by atoms with Crippen molar-refractivity contribution in [2.45, 2.75) is 38.0 Å². The van der Waals surface area contributed by atoms with Gasteiger partial charge in [0.05, 0.1) is 0 Å². The van der Waals surface area contributed by atoms with Gasteiger partial charge in [-0.15, -0.1) is 0 Å². The Morgan fingerprint density at radius 1 is 0.818 bits per heavy atom. The van der Waals surface area contributed by atoms with Crippen LogP contribution in [-0.4, -0.2) is 23.2 Å². The van der Waals surface area contributed by atoms with Crippen molar-refractivity contribution in [1.82, 2.24) is 0 Å². The molecular formula is C13H14AgF6O2. The SMILES string of the molecule is C1=C\CC/C=C\CC/1.O=C(/C=C(\O)C(F)(F)F)C(F)(F)F.[Ag]. The van der Waals surface area contributed by atoms with Crippen LogP contribution >= 0.6 is 0 Å². The number of alkyl halides is 6. The molecule has 1 aliphatic carbocycles. The number of hydrogen-bond donors (Lipinski definition) is 1. The topological polar surface area (TPSA) is 37.3 Å². The standard InChI is InChI=1S/C8H12.C5H2F6O2.Ag/c1-2-4-6-8-7-5-3-1;6-4(7,8)2(12)1-3(13)5(9,10)11;/h1-2,7-8H,3-6H2;1,12H;/b2-1-,8-7-;2-1-;. The van der Waals surface area contributed by atoms with Crippen LogP contribution in [0.1, 0.15) is 25.7 Å². The van der Waals surface area contributed by atoms with E-state index in [0.29, 0.717) is 0 Å². The molecule has 0 bridgehead atoms. The molecule has 22 heavy (non-hydrogen) atoms. The van der Waals surface area contributed by atoms with E-state index < -0.39 is 30.0 Å². The van der Waals surface area contributed by atoms with Gasteiger partial charge in [0.2, 0.25) is 5.76 Å². The van der Waals surface area contributed by atoms with Gasteiger partial charge in [-0.1, -0.05) is 24.3 Å². The summed E-state index contributed by atoms with van der Waals surface area (Å²) in [7, 11) is 0. The molecule has 0 fully saturated rings. The predicted octanol–water partition coefficient (Wildman–Crippen LogP) is 4.79. The summed E-state index contributed by atoms with van der Waals surface area (Å²) in [5.41, 5.74) is 0. The third-order valence-electron chi connectivity index (χ3n) is 2.17. The molecule has 1 N–H and O–H groups in total. The van der Waals surface area contributed by atoms with Gasteiger partial charge in [0, 0.05) is 28.5 Å². The van der Waals surface area contributed by atoms with Crippen molar-refractivity contribution >= 4 is 5.78 Å². The van der Waals surface area contributed by atoms with Gasteiger partial charge in [0.15, 0.2) is 0 Å². The van der Waals surface area contributed by atoms with Gasteiger partial charge in [0.25, 0.3) is 5.78 Å². The van der Waals surface area contributed by atoms with Crippen molar-refractivity contribution in [3.05, 3.63) is 36.1 Å². The third kappa shape index (κ3) is 11.6. The maximum absolute atomic E-state index is 11.4. The van der Waals surface area contributed by atoms with Crippen LogP contribution in [0, 0.1) is 0 Å². The molecule has 0 aliphatic heterocycles. The molecule has 9 heteroatoms. The first-order valence-corrected chi connectivity index (χ1v) is 5.94. The number of rotatable bonds is 1. The van der Waals surface area contributed by atoms with E-state index in [-0.39, 0.29) is 22.4 Å². The summed E-state index contributed by atoms with van der Waals surface area (Å²) in [6, 6.07) is 0. The number of allylic oxidation sites excluding steroid dienone is 6. The molecular weight excluding hydrogens is 410 g/mol. The summed E-state index contributed by atoms with van der Waals surface area (Å²) in [5.74, 6) is -5.34. The molecule has 0 amide bonds. The van der Waals surface area contributed by atoms with E-state index in [4.69, 9.17) is 5.11 Å². The second-order valence-corrected chi connectivity index (χ2v) is 3.99. The minimum atomic E-state index is -5.42. The molecule has 0 saturated heterocycles. The summed E-state index contributed by atoms with van der Waals surface area (Å²) in [4.78, 5) is 9.86. The second-order valence-electron chi connectivity index (χ2n) is 3.99. The monoisotopic (exact) mass is 423 g/mol. The van der Waals surface area contributed by atoms with Gasteiger partial charge >= 0.3 is 12.4 Å². The van der Waals surface area contributed by atoms with Gasteiger partial charge in [-0.3, -0.25) is 4.79 Å². The molecule has 0 heterocycles. The first-order chi connectivity index (χ1) is 9.55. The molecule has 1 radical (unpaired) electrons. The molecule has 0 aromatic carbocycles. The van der Waals surface area contributed by atoms with Gasteiger partial charge in [-0.25, -0.2) is 0 Å². The summed E-state index contributed by atoms with van der Waals surface area (Å²) in [5, 5.41) is 7.93. The average Bonchev–Trinajstić information content (AvgIpc) is 2.25. The Morgan fingerprint density at radius 3 is 1.36 bits per heavy atom. The zero-order valence-electron chi connectivity index (χ0n) is 11.1. The van der Waals surface area contributed by atoms with Crippen molar-refractivity contribution in [3.8, 4) is 0 Å². The fourth-order valence-corrected chi connectivity index (χ4v) is 1.14. The van der Waals surface area contributed by atoms with E-state index >= 15 is 0 Å². The molecule has 0 spiro atoms. The van der Waals surface area contributed by atoms with Crippen molar-refractivity contribution in [1.29, 1.82) is 0 Å². The molecule has 1 aliphatic rings. The first-order valence-electron chi connectivity index (χ1n) is 5.94. The van der Waals surface area contributed by atoms with E-state index in [9.17, 15) is 31.1 Å². The molecule has 0 aromatic heterocycles. The summed E-state index contributed by atoms with van der Waals surface area (Å²) >= 11 is 0. The maximum atomic E-state index is 11.4. The Balaban J connectivity index is 0. The fourth-order valence-electron chi connectivity index (χ4n) is 1.14. The molecule has 131 valence electrons. The first kappa shape index (κ1) is 23.3. The van der Waals surface area contributed by atoms with E-state index in [1.165, 1.54) is 25.7 Å². The quantitative estimate of drug-likeness (QED) is 0.216. The van der Waals surface area contributed by atoms with Gasteiger partial charge in [0.1, 0.15) is 0 Å². The predicted molar refractivity (Wildman–Crippen MR) is 64.6 cm³/mol. The number of aliphatic hydroxyl groups excluding tert-OH is 1. The molecule has 0 unspecified atom stereocenters. The summed E-state index contributed by atoms with van der Waals surface area (Å²) in [6.45, 7) is 0. The normalized spacial score (nSPS) is 18.7. The minimum Gasteiger partial charge on any atom is -0.504 e. The number of halogens is 6. The van der Waals surface area contributed by atoms with Crippen LogP contribution < -0.4 is 0 Å². The number of carbonyl (C=O) groups excluding carboxylic acids is 1. The van der Waals surface area contributed by atoms with E-state index in [1.54, 1.807) is 0 Å². The van der Waals surface area contributed by atoms with E-state index in [2.05, 4.69) is 24.3 Å². The maximum Gasteiger partial charge on any atom is 0.454 e. The van der Waals surface area contributed by atoms with Crippen LogP contribution in [0.5, 0.6) is 0 Å². The van der Waals surface area contributed by atoms with Crippen LogP contribution in [0.2, 0.25) is 0 Å². The smallest absolute Gasteiger partial charge is 0.454 e. The third-order valence-corrected chi connectivity index (χ3v) is 2.17. The van der Waals surface area contributed by atoms with Gasteiger partial charge in [-0.2, -0.15) is 26.3 Å². The molecule has 0 aromatic rings. The molecule has 1 rings (SSSR count). The zero-order valence-corrected chi connectivity index (χ0v) is 12.6.